The first-order valence-corrected chi connectivity index (χ1v) is 10.7. The highest BCUT2D eigenvalue weighted by Gasteiger charge is 2.27. The Balaban J connectivity index is 1.63. The Morgan fingerprint density at radius 2 is 1.84 bits per heavy atom. The van der Waals surface area contributed by atoms with Gasteiger partial charge >= 0.3 is 0 Å². The fourth-order valence-corrected chi connectivity index (χ4v) is 4.03. The van der Waals surface area contributed by atoms with Gasteiger partial charge in [0.15, 0.2) is 5.69 Å². The van der Waals surface area contributed by atoms with Gasteiger partial charge in [-0.1, -0.05) is 42.5 Å². The van der Waals surface area contributed by atoms with Crippen LogP contribution in [0.25, 0.3) is 10.9 Å². The Morgan fingerprint density at radius 3 is 2.55 bits per heavy atom. The lowest BCUT2D eigenvalue weighted by Gasteiger charge is -2.26. The van der Waals surface area contributed by atoms with Gasteiger partial charge in [0.05, 0.1) is 32.4 Å². The predicted octanol–water partition coefficient (Wildman–Crippen LogP) is 3.04. The molecule has 0 bridgehead atoms. The SMILES string of the molecule is COc1cccc2c(C(=O)NC(C)(C)c3ccccc3)nn(CCN3CCOCC3)c12. The van der Waals surface area contributed by atoms with E-state index in [4.69, 9.17) is 14.6 Å². The van der Waals surface area contributed by atoms with E-state index in [9.17, 15) is 4.79 Å². The highest BCUT2D eigenvalue weighted by Crippen LogP contribution is 2.29. The van der Waals surface area contributed by atoms with Crippen molar-refractivity contribution >= 4 is 16.8 Å². The summed E-state index contributed by atoms with van der Waals surface area (Å²) in [6.45, 7) is 8.85. The average molecular weight is 423 g/mol. The topological polar surface area (TPSA) is 68.6 Å². The van der Waals surface area contributed by atoms with Crippen LogP contribution in [0.4, 0.5) is 0 Å². The first-order chi connectivity index (χ1) is 15.0. The van der Waals surface area contributed by atoms with E-state index in [1.165, 1.54) is 0 Å². The third kappa shape index (κ3) is 4.57. The number of nitrogens with zero attached hydrogens (tertiary/aromatic N) is 3. The van der Waals surface area contributed by atoms with Crippen molar-refractivity contribution in [2.75, 3.05) is 40.0 Å². The molecule has 7 nitrogen and oxygen atoms in total. The molecule has 164 valence electrons. The maximum absolute atomic E-state index is 13.3. The largest absolute Gasteiger partial charge is 0.494 e. The zero-order chi connectivity index (χ0) is 21.8. The molecule has 0 spiro atoms. The average Bonchev–Trinajstić information content (AvgIpc) is 3.18. The number of aromatic nitrogens is 2. The molecule has 1 aliphatic heterocycles. The summed E-state index contributed by atoms with van der Waals surface area (Å²) in [7, 11) is 1.65. The summed E-state index contributed by atoms with van der Waals surface area (Å²) < 4.78 is 12.9. The van der Waals surface area contributed by atoms with Crippen molar-refractivity contribution in [1.82, 2.24) is 20.0 Å². The number of ether oxygens (including phenoxy) is 2. The Labute approximate surface area is 182 Å². The van der Waals surface area contributed by atoms with Crippen molar-refractivity contribution in [2.45, 2.75) is 25.9 Å². The van der Waals surface area contributed by atoms with Crippen LogP contribution in [0.3, 0.4) is 0 Å². The third-order valence-corrected chi connectivity index (χ3v) is 5.82. The van der Waals surface area contributed by atoms with E-state index in [2.05, 4.69) is 10.2 Å². The van der Waals surface area contributed by atoms with Crippen molar-refractivity contribution < 1.29 is 14.3 Å². The van der Waals surface area contributed by atoms with Crippen LogP contribution in [0.15, 0.2) is 48.5 Å². The summed E-state index contributed by atoms with van der Waals surface area (Å²) in [5.41, 5.74) is 1.78. The van der Waals surface area contributed by atoms with E-state index in [1.54, 1.807) is 7.11 Å². The van der Waals surface area contributed by atoms with E-state index in [0.29, 0.717) is 18.0 Å². The first kappa shape index (κ1) is 21.3. The molecule has 1 fully saturated rings. The maximum atomic E-state index is 13.3. The molecule has 2 aromatic carbocycles. The van der Waals surface area contributed by atoms with Crippen molar-refractivity contribution in [1.29, 1.82) is 0 Å². The van der Waals surface area contributed by atoms with Gasteiger partial charge in [-0.05, 0) is 25.5 Å². The molecule has 1 amide bonds. The molecule has 7 heteroatoms. The number of rotatable bonds is 7. The summed E-state index contributed by atoms with van der Waals surface area (Å²) >= 11 is 0. The van der Waals surface area contributed by atoms with Crippen molar-refractivity contribution in [3.63, 3.8) is 0 Å². The fraction of sp³-hybridized carbons (Fsp3) is 0.417. The van der Waals surface area contributed by atoms with Gasteiger partial charge in [0.25, 0.3) is 5.91 Å². The smallest absolute Gasteiger partial charge is 0.273 e. The van der Waals surface area contributed by atoms with Gasteiger partial charge in [-0.2, -0.15) is 5.10 Å². The van der Waals surface area contributed by atoms with Gasteiger partial charge in [-0.15, -0.1) is 0 Å². The molecular formula is C24H30N4O3. The standard InChI is InChI=1S/C24H30N4O3/c1-24(2,18-8-5-4-6-9-18)25-23(29)21-19-10-7-11-20(30-3)22(19)28(26-21)13-12-27-14-16-31-17-15-27/h4-11H,12-17H2,1-3H3,(H,25,29). The number of fused-ring (bicyclic) bond motifs is 1. The summed E-state index contributed by atoms with van der Waals surface area (Å²) in [4.78, 5) is 15.7. The van der Waals surface area contributed by atoms with Gasteiger partial charge in [0.2, 0.25) is 0 Å². The van der Waals surface area contributed by atoms with Crippen LogP contribution in [-0.4, -0.2) is 60.5 Å². The van der Waals surface area contributed by atoms with Crippen molar-refractivity contribution in [2.24, 2.45) is 0 Å². The molecule has 0 radical (unpaired) electrons. The number of hydrogen-bond acceptors (Lipinski definition) is 5. The number of methoxy groups -OCH3 is 1. The van der Waals surface area contributed by atoms with E-state index in [-0.39, 0.29) is 5.91 Å². The second kappa shape index (κ2) is 9.08. The quantitative estimate of drug-likeness (QED) is 0.634. The summed E-state index contributed by atoms with van der Waals surface area (Å²) in [6, 6.07) is 15.7. The van der Waals surface area contributed by atoms with E-state index in [1.807, 2.05) is 67.1 Å². The first-order valence-electron chi connectivity index (χ1n) is 10.7. The Bertz CT molecular complexity index is 1040. The Kier molecular flexibility index (Phi) is 6.25. The Hall–Kier alpha value is -2.90. The van der Waals surface area contributed by atoms with Crippen molar-refractivity contribution in [3.8, 4) is 5.75 Å². The summed E-state index contributed by atoms with van der Waals surface area (Å²) in [5, 5.41) is 8.68. The molecule has 4 rings (SSSR count). The molecule has 1 saturated heterocycles. The van der Waals surface area contributed by atoms with Crippen LogP contribution in [-0.2, 0) is 16.8 Å². The van der Waals surface area contributed by atoms with E-state index >= 15 is 0 Å². The molecule has 0 aliphatic carbocycles. The molecule has 0 atom stereocenters. The zero-order valence-electron chi connectivity index (χ0n) is 18.4. The minimum absolute atomic E-state index is 0.197. The molecule has 1 N–H and O–H groups in total. The number of amides is 1. The van der Waals surface area contributed by atoms with Gasteiger partial charge in [0.1, 0.15) is 11.3 Å². The number of nitrogens with one attached hydrogen (secondary N) is 1. The molecule has 1 aliphatic rings. The van der Waals surface area contributed by atoms with Gasteiger partial charge < -0.3 is 14.8 Å². The number of morpholine rings is 1. The summed E-state index contributed by atoms with van der Waals surface area (Å²) in [5.74, 6) is 0.519. The molecule has 1 aromatic heterocycles. The lowest BCUT2D eigenvalue weighted by Crippen LogP contribution is -2.41. The minimum atomic E-state index is -0.527. The number of carbonyl (C=O) groups excluding carboxylic acids is 1. The van der Waals surface area contributed by atoms with E-state index < -0.39 is 5.54 Å². The lowest BCUT2D eigenvalue weighted by molar-refractivity contribution is 0.0361. The van der Waals surface area contributed by atoms with E-state index in [0.717, 1.165) is 49.3 Å². The normalized spacial score (nSPS) is 15.2. The maximum Gasteiger partial charge on any atom is 0.273 e. The monoisotopic (exact) mass is 422 g/mol. The number of carbonyl (C=O) groups is 1. The lowest BCUT2D eigenvalue weighted by atomic mass is 9.94. The van der Waals surface area contributed by atoms with Crippen molar-refractivity contribution in [3.05, 3.63) is 59.8 Å². The van der Waals surface area contributed by atoms with Crippen LogP contribution in [0.1, 0.15) is 29.9 Å². The second-order valence-corrected chi connectivity index (χ2v) is 8.33. The molecule has 0 unspecified atom stereocenters. The minimum Gasteiger partial charge on any atom is -0.494 e. The van der Waals surface area contributed by atoms with Gasteiger partial charge in [0, 0.05) is 25.0 Å². The second-order valence-electron chi connectivity index (χ2n) is 8.33. The fourth-order valence-electron chi connectivity index (χ4n) is 4.03. The molecule has 2 heterocycles. The van der Waals surface area contributed by atoms with Gasteiger partial charge in [-0.25, -0.2) is 0 Å². The predicted molar refractivity (Wildman–Crippen MR) is 120 cm³/mol. The summed E-state index contributed by atoms with van der Waals surface area (Å²) in [6.07, 6.45) is 0. The van der Waals surface area contributed by atoms with Crippen LogP contribution in [0.5, 0.6) is 5.75 Å². The third-order valence-electron chi connectivity index (χ3n) is 5.82. The highest BCUT2D eigenvalue weighted by atomic mass is 16.5. The number of benzene rings is 2. The molecule has 3 aromatic rings. The van der Waals surface area contributed by atoms with Crippen LogP contribution >= 0.6 is 0 Å². The Morgan fingerprint density at radius 1 is 1.10 bits per heavy atom. The van der Waals surface area contributed by atoms with Gasteiger partial charge in [-0.3, -0.25) is 14.4 Å². The van der Waals surface area contributed by atoms with Crippen LogP contribution in [0.2, 0.25) is 0 Å². The number of hydrogen-bond donors (Lipinski definition) is 1. The van der Waals surface area contributed by atoms with Crippen LogP contribution in [0, 0.1) is 0 Å². The molecule has 31 heavy (non-hydrogen) atoms. The van der Waals surface area contributed by atoms with Crippen LogP contribution < -0.4 is 10.1 Å². The molecule has 0 saturated carbocycles. The number of para-hydroxylation sites is 1. The zero-order valence-corrected chi connectivity index (χ0v) is 18.4. The molecular weight excluding hydrogens is 392 g/mol. The highest BCUT2D eigenvalue weighted by molar-refractivity contribution is 6.06.